The van der Waals surface area contributed by atoms with Gasteiger partial charge in [-0.05, 0) is 50.3 Å². The Morgan fingerprint density at radius 2 is 2.28 bits per heavy atom. The van der Waals surface area contributed by atoms with E-state index in [4.69, 9.17) is 4.74 Å². The van der Waals surface area contributed by atoms with Crippen LogP contribution in [0, 0.1) is 11.7 Å². The molecule has 0 amide bonds. The average molecular weight is 251 g/mol. The minimum absolute atomic E-state index is 0.156. The molecule has 1 heterocycles. The third-order valence-corrected chi connectivity index (χ3v) is 3.65. The SMILES string of the molecule is CC(Cc1cccc(F)c1)NC(C)C1CCOC1. The van der Waals surface area contributed by atoms with Crippen LogP contribution >= 0.6 is 0 Å². The van der Waals surface area contributed by atoms with Crippen LogP contribution in [-0.4, -0.2) is 25.3 Å². The van der Waals surface area contributed by atoms with Crippen molar-refractivity contribution < 1.29 is 9.13 Å². The van der Waals surface area contributed by atoms with Crippen molar-refractivity contribution in [3.63, 3.8) is 0 Å². The van der Waals surface area contributed by atoms with Crippen molar-refractivity contribution in [3.8, 4) is 0 Å². The zero-order chi connectivity index (χ0) is 13.0. The maximum absolute atomic E-state index is 13.1. The molecule has 100 valence electrons. The van der Waals surface area contributed by atoms with Gasteiger partial charge in [-0.2, -0.15) is 0 Å². The minimum Gasteiger partial charge on any atom is -0.381 e. The number of hydrogen-bond donors (Lipinski definition) is 1. The molecule has 1 saturated heterocycles. The lowest BCUT2D eigenvalue weighted by Gasteiger charge is -2.24. The number of ether oxygens (including phenoxy) is 1. The predicted molar refractivity (Wildman–Crippen MR) is 71.1 cm³/mol. The zero-order valence-corrected chi connectivity index (χ0v) is 11.2. The highest BCUT2D eigenvalue weighted by Crippen LogP contribution is 2.17. The molecule has 2 nitrogen and oxygen atoms in total. The molecule has 3 atom stereocenters. The Bertz CT molecular complexity index is 377. The second kappa shape index (κ2) is 6.30. The summed E-state index contributed by atoms with van der Waals surface area (Å²) in [7, 11) is 0. The van der Waals surface area contributed by atoms with E-state index >= 15 is 0 Å². The van der Waals surface area contributed by atoms with E-state index in [1.54, 1.807) is 12.1 Å². The molecule has 2 rings (SSSR count). The van der Waals surface area contributed by atoms with Crippen LogP contribution in [0.15, 0.2) is 24.3 Å². The first-order chi connectivity index (χ1) is 8.65. The fraction of sp³-hybridized carbons (Fsp3) is 0.600. The molecular weight excluding hydrogens is 229 g/mol. The fourth-order valence-electron chi connectivity index (χ4n) is 2.61. The van der Waals surface area contributed by atoms with E-state index in [0.29, 0.717) is 18.0 Å². The summed E-state index contributed by atoms with van der Waals surface area (Å²) in [4.78, 5) is 0. The van der Waals surface area contributed by atoms with E-state index in [2.05, 4.69) is 19.2 Å². The van der Waals surface area contributed by atoms with Crippen LogP contribution in [0.1, 0.15) is 25.8 Å². The van der Waals surface area contributed by atoms with Gasteiger partial charge in [0.25, 0.3) is 0 Å². The first kappa shape index (κ1) is 13.5. The second-order valence-electron chi connectivity index (χ2n) is 5.31. The standard InChI is InChI=1S/C15H22FNO/c1-11(8-13-4-3-5-15(16)9-13)17-12(2)14-6-7-18-10-14/h3-5,9,11-12,14,17H,6-8,10H2,1-2H3. The van der Waals surface area contributed by atoms with Gasteiger partial charge >= 0.3 is 0 Å². The van der Waals surface area contributed by atoms with Gasteiger partial charge in [-0.25, -0.2) is 4.39 Å². The molecular formula is C15H22FNO. The maximum atomic E-state index is 13.1. The van der Waals surface area contributed by atoms with Gasteiger partial charge in [0.15, 0.2) is 0 Å². The predicted octanol–water partition coefficient (Wildman–Crippen LogP) is 2.77. The smallest absolute Gasteiger partial charge is 0.123 e. The van der Waals surface area contributed by atoms with Gasteiger partial charge in [-0.1, -0.05) is 12.1 Å². The highest BCUT2D eigenvalue weighted by molar-refractivity contribution is 5.17. The summed E-state index contributed by atoms with van der Waals surface area (Å²) in [5.74, 6) is 0.455. The number of benzene rings is 1. The molecule has 0 radical (unpaired) electrons. The molecule has 0 aliphatic carbocycles. The van der Waals surface area contributed by atoms with Crippen molar-refractivity contribution in [1.29, 1.82) is 0 Å². The number of rotatable bonds is 5. The van der Waals surface area contributed by atoms with Crippen molar-refractivity contribution in [2.45, 2.75) is 38.8 Å². The molecule has 0 bridgehead atoms. The summed E-state index contributed by atoms with van der Waals surface area (Å²) >= 11 is 0. The number of halogens is 1. The van der Waals surface area contributed by atoms with Crippen LogP contribution in [0.2, 0.25) is 0 Å². The van der Waals surface area contributed by atoms with Crippen LogP contribution in [0.25, 0.3) is 0 Å². The summed E-state index contributed by atoms with van der Waals surface area (Å²) in [6, 6.07) is 7.65. The van der Waals surface area contributed by atoms with Crippen molar-refractivity contribution in [2.24, 2.45) is 5.92 Å². The Kier molecular flexibility index (Phi) is 4.72. The quantitative estimate of drug-likeness (QED) is 0.869. The van der Waals surface area contributed by atoms with E-state index in [9.17, 15) is 4.39 Å². The Morgan fingerprint density at radius 1 is 1.44 bits per heavy atom. The summed E-state index contributed by atoms with van der Waals surface area (Å²) in [6.45, 7) is 6.11. The Balaban J connectivity index is 1.82. The molecule has 0 saturated carbocycles. The van der Waals surface area contributed by atoms with Gasteiger partial charge in [0, 0.05) is 18.7 Å². The van der Waals surface area contributed by atoms with Gasteiger partial charge in [0.05, 0.1) is 6.61 Å². The van der Waals surface area contributed by atoms with E-state index in [0.717, 1.165) is 31.6 Å². The number of hydrogen-bond acceptors (Lipinski definition) is 2. The summed E-state index contributed by atoms with van der Waals surface area (Å²) in [5, 5.41) is 3.59. The summed E-state index contributed by atoms with van der Waals surface area (Å²) in [6.07, 6.45) is 2.00. The third-order valence-electron chi connectivity index (χ3n) is 3.65. The van der Waals surface area contributed by atoms with Crippen molar-refractivity contribution in [3.05, 3.63) is 35.6 Å². The van der Waals surface area contributed by atoms with Crippen LogP contribution in [-0.2, 0) is 11.2 Å². The van der Waals surface area contributed by atoms with E-state index in [1.165, 1.54) is 6.07 Å². The molecule has 0 aromatic heterocycles. The molecule has 1 fully saturated rings. The molecule has 18 heavy (non-hydrogen) atoms. The molecule has 1 aromatic carbocycles. The number of nitrogens with one attached hydrogen (secondary N) is 1. The minimum atomic E-state index is -0.156. The Labute approximate surface area is 109 Å². The summed E-state index contributed by atoms with van der Waals surface area (Å²) in [5.41, 5.74) is 1.05. The molecule has 0 spiro atoms. The third kappa shape index (κ3) is 3.79. The normalized spacial score (nSPS) is 22.9. The molecule has 3 unspecified atom stereocenters. The molecule has 1 aliphatic heterocycles. The van der Waals surface area contributed by atoms with E-state index < -0.39 is 0 Å². The molecule has 1 N–H and O–H groups in total. The zero-order valence-electron chi connectivity index (χ0n) is 11.2. The first-order valence-corrected chi connectivity index (χ1v) is 6.73. The van der Waals surface area contributed by atoms with Crippen molar-refractivity contribution in [2.75, 3.05) is 13.2 Å². The maximum Gasteiger partial charge on any atom is 0.123 e. The van der Waals surface area contributed by atoms with E-state index in [1.807, 2.05) is 6.07 Å². The second-order valence-corrected chi connectivity index (χ2v) is 5.31. The largest absolute Gasteiger partial charge is 0.381 e. The van der Waals surface area contributed by atoms with Crippen molar-refractivity contribution >= 4 is 0 Å². The van der Waals surface area contributed by atoms with Gasteiger partial charge in [0.2, 0.25) is 0 Å². The highest BCUT2D eigenvalue weighted by Gasteiger charge is 2.23. The monoisotopic (exact) mass is 251 g/mol. The Morgan fingerprint density at radius 3 is 2.94 bits per heavy atom. The molecule has 3 heteroatoms. The van der Waals surface area contributed by atoms with Gasteiger partial charge < -0.3 is 10.1 Å². The van der Waals surface area contributed by atoms with Gasteiger partial charge in [-0.15, -0.1) is 0 Å². The van der Waals surface area contributed by atoms with Crippen molar-refractivity contribution in [1.82, 2.24) is 5.32 Å². The highest BCUT2D eigenvalue weighted by atomic mass is 19.1. The van der Waals surface area contributed by atoms with E-state index in [-0.39, 0.29) is 5.82 Å². The first-order valence-electron chi connectivity index (χ1n) is 6.73. The lowest BCUT2D eigenvalue weighted by Crippen LogP contribution is -2.40. The Hall–Kier alpha value is -0.930. The molecule has 1 aliphatic rings. The molecule has 1 aromatic rings. The summed E-state index contributed by atoms with van der Waals surface area (Å²) < 4.78 is 18.5. The average Bonchev–Trinajstić information content (AvgIpc) is 2.81. The van der Waals surface area contributed by atoms with Gasteiger partial charge in [-0.3, -0.25) is 0 Å². The van der Waals surface area contributed by atoms with Gasteiger partial charge in [0.1, 0.15) is 5.82 Å². The van der Waals surface area contributed by atoms with Crippen LogP contribution < -0.4 is 5.32 Å². The van der Waals surface area contributed by atoms with Crippen LogP contribution in [0.4, 0.5) is 4.39 Å². The lowest BCUT2D eigenvalue weighted by molar-refractivity contribution is 0.177. The topological polar surface area (TPSA) is 21.3 Å². The van der Waals surface area contributed by atoms with Crippen LogP contribution in [0.3, 0.4) is 0 Å². The lowest BCUT2D eigenvalue weighted by atomic mass is 9.98. The fourth-order valence-corrected chi connectivity index (χ4v) is 2.61. The van der Waals surface area contributed by atoms with Crippen LogP contribution in [0.5, 0.6) is 0 Å².